The SMILES string of the molecule is CCCc1c(C(=O)CC)c2ccc(C(N)=O)cn2c1Cc1ccccc1Cl. The second kappa shape index (κ2) is 7.97. The highest BCUT2D eigenvalue weighted by Gasteiger charge is 2.23. The third-order valence-electron chi connectivity index (χ3n) is 4.85. The second-order valence-corrected chi connectivity index (χ2v) is 7.04. The van der Waals surface area contributed by atoms with Crippen LogP contribution in [0.4, 0.5) is 0 Å². The fourth-order valence-corrected chi connectivity index (χ4v) is 3.74. The number of benzene rings is 1. The summed E-state index contributed by atoms with van der Waals surface area (Å²) in [7, 11) is 0. The van der Waals surface area contributed by atoms with Crippen LogP contribution in [0.3, 0.4) is 0 Å². The molecular formula is C22H23ClN2O2. The van der Waals surface area contributed by atoms with E-state index in [4.69, 9.17) is 17.3 Å². The quantitative estimate of drug-likeness (QED) is 0.595. The zero-order chi connectivity index (χ0) is 19.6. The molecule has 3 aromatic rings. The molecule has 0 radical (unpaired) electrons. The van der Waals surface area contributed by atoms with Crippen LogP contribution >= 0.6 is 11.6 Å². The molecule has 0 saturated heterocycles. The summed E-state index contributed by atoms with van der Waals surface area (Å²) in [6.45, 7) is 3.96. The Labute approximate surface area is 163 Å². The van der Waals surface area contributed by atoms with Gasteiger partial charge < -0.3 is 10.1 Å². The standard InChI is InChI=1S/C22H23ClN2O2/c1-3-7-16-19(12-14-8-5-6-9-17(14)23)25-13-15(22(24)27)10-11-18(25)21(16)20(26)4-2/h5-6,8-11,13H,3-4,7,12H2,1-2H3,(H2,24,27). The summed E-state index contributed by atoms with van der Waals surface area (Å²) in [4.78, 5) is 24.4. The Morgan fingerprint density at radius 3 is 2.48 bits per heavy atom. The molecule has 5 heteroatoms. The first-order chi connectivity index (χ1) is 13.0. The number of amides is 1. The number of rotatable bonds is 7. The molecule has 4 nitrogen and oxygen atoms in total. The number of halogens is 1. The van der Waals surface area contributed by atoms with Crippen LogP contribution in [-0.4, -0.2) is 16.1 Å². The van der Waals surface area contributed by atoms with Crippen molar-refractivity contribution in [3.05, 3.63) is 75.6 Å². The van der Waals surface area contributed by atoms with E-state index in [1.54, 1.807) is 12.3 Å². The molecule has 0 saturated carbocycles. The lowest BCUT2D eigenvalue weighted by Crippen LogP contribution is -2.12. The summed E-state index contributed by atoms with van der Waals surface area (Å²) < 4.78 is 1.94. The number of primary amides is 1. The van der Waals surface area contributed by atoms with E-state index in [2.05, 4.69) is 6.92 Å². The molecule has 0 aliphatic heterocycles. The van der Waals surface area contributed by atoms with Gasteiger partial charge in [0, 0.05) is 35.3 Å². The van der Waals surface area contributed by atoms with Gasteiger partial charge in [0.1, 0.15) is 0 Å². The monoisotopic (exact) mass is 382 g/mol. The summed E-state index contributed by atoms with van der Waals surface area (Å²) in [5.41, 5.74) is 10.5. The molecule has 1 aromatic carbocycles. The van der Waals surface area contributed by atoms with Crippen molar-refractivity contribution in [1.29, 1.82) is 0 Å². The van der Waals surface area contributed by atoms with Crippen LogP contribution in [-0.2, 0) is 12.8 Å². The molecule has 0 atom stereocenters. The van der Waals surface area contributed by atoms with Gasteiger partial charge in [-0.3, -0.25) is 9.59 Å². The van der Waals surface area contributed by atoms with Gasteiger partial charge >= 0.3 is 0 Å². The lowest BCUT2D eigenvalue weighted by Gasteiger charge is -2.09. The van der Waals surface area contributed by atoms with Crippen LogP contribution in [0, 0.1) is 0 Å². The Morgan fingerprint density at radius 2 is 1.85 bits per heavy atom. The maximum Gasteiger partial charge on any atom is 0.250 e. The smallest absolute Gasteiger partial charge is 0.250 e. The van der Waals surface area contributed by atoms with Crippen molar-refractivity contribution in [2.24, 2.45) is 5.73 Å². The molecule has 0 spiro atoms. The fourth-order valence-electron chi connectivity index (χ4n) is 3.54. The third kappa shape index (κ3) is 3.62. The third-order valence-corrected chi connectivity index (χ3v) is 5.21. The van der Waals surface area contributed by atoms with E-state index in [9.17, 15) is 9.59 Å². The van der Waals surface area contributed by atoms with Crippen molar-refractivity contribution in [2.75, 3.05) is 0 Å². The van der Waals surface area contributed by atoms with Crippen LogP contribution in [0.15, 0.2) is 42.6 Å². The second-order valence-electron chi connectivity index (χ2n) is 6.63. The molecule has 140 valence electrons. The summed E-state index contributed by atoms with van der Waals surface area (Å²) in [5.74, 6) is -0.386. The number of nitrogens with two attached hydrogens (primary N) is 1. The maximum absolute atomic E-state index is 12.7. The summed E-state index contributed by atoms with van der Waals surface area (Å²) >= 11 is 6.38. The van der Waals surface area contributed by atoms with E-state index >= 15 is 0 Å². The average molecular weight is 383 g/mol. The van der Waals surface area contributed by atoms with Crippen molar-refractivity contribution in [3.63, 3.8) is 0 Å². The van der Waals surface area contributed by atoms with Crippen LogP contribution in [0.5, 0.6) is 0 Å². The first kappa shape index (κ1) is 19.2. The predicted molar refractivity (Wildman–Crippen MR) is 109 cm³/mol. The number of carbonyl (C=O) groups excluding carboxylic acids is 2. The van der Waals surface area contributed by atoms with Gasteiger partial charge in [0.25, 0.3) is 0 Å². The molecule has 2 heterocycles. The zero-order valence-electron chi connectivity index (χ0n) is 15.6. The highest BCUT2D eigenvalue weighted by molar-refractivity contribution is 6.31. The fraction of sp³-hybridized carbons (Fsp3) is 0.273. The maximum atomic E-state index is 12.7. The Balaban J connectivity index is 2.31. The molecule has 1 amide bonds. The molecule has 0 aliphatic carbocycles. The predicted octanol–water partition coefficient (Wildman–Crippen LogP) is 4.83. The highest BCUT2D eigenvalue weighted by Crippen LogP contribution is 2.30. The van der Waals surface area contributed by atoms with Crippen molar-refractivity contribution in [3.8, 4) is 0 Å². The Kier molecular flexibility index (Phi) is 5.66. The summed E-state index contributed by atoms with van der Waals surface area (Å²) in [6.07, 6.45) is 4.44. The van der Waals surface area contributed by atoms with E-state index in [1.165, 1.54) is 0 Å². The van der Waals surface area contributed by atoms with Gasteiger partial charge in [0.15, 0.2) is 5.78 Å². The van der Waals surface area contributed by atoms with Crippen molar-refractivity contribution in [2.45, 2.75) is 39.5 Å². The highest BCUT2D eigenvalue weighted by atomic mass is 35.5. The van der Waals surface area contributed by atoms with E-state index in [0.29, 0.717) is 23.4 Å². The van der Waals surface area contributed by atoms with E-state index in [-0.39, 0.29) is 5.78 Å². The molecule has 0 fully saturated rings. The number of Topliss-reactive ketones (excluding diaryl/α,β-unsaturated/α-hetero) is 1. The van der Waals surface area contributed by atoms with Crippen molar-refractivity contribution in [1.82, 2.24) is 4.40 Å². The number of carbonyl (C=O) groups is 2. The summed E-state index contributed by atoms with van der Waals surface area (Å²) in [5, 5.41) is 0.685. The van der Waals surface area contributed by atoms with Gasteiger partial charge in [-0.15, -0.1) is 0 Å². The molecular weight excluding hydrogens is 360 g/mol. The number of nitrogens with zero attached hydrogens (tertiary/aromatic N) is 1. The van der Waals surface area contributed by atoms with Gasteiger partial charge in [-0.25, -0.2) is 0 Å². The lowest BCUT2D eigenvalue weighted by atomic mass is 9.97. The molecule has 0 unspecified atom stereocenters. The number of ketones is 1. The number of pyridine rings is 1. The lowest BCUT2D eigenvalue weighted by molar-refractivity contribution is 0.0985. The summed E-state index contributed by atoms with van der Waals surface area (Å²) in [6, 6.07) is 11.2. The first-order valence-electron chi connectivity index (χ1n) is 9.20. The number of hydrogen-bond acceptors (Lipinski definition) is 2. The molecule has 3 rings (SSSR count). The Bertz CT molecular complexity index is 1020. The number of aromatic nitrogens is 1. The van der Waals surface area contributed by atoms with E-state index < -0.39 is 5.91 Å². The minimum absolute atomic E-state index is 0.105. The Hall–Kier alpha value is -2.59. The normalized spacial score (nSPS) is 11.1. The van der Waals surface area contributed by atoms with Gasteiger partial charge in [-0.05, 0) is 35.7 Å². The largest absolute Gasteiger partial charge is 0.366 e. The first-order valence-corrected chi connectivity index (χ1v) is 9.57. The van der Waals surface area contributed by atoms with Gasteiger partial charge in [0.05, 0.1) is 11.1 Å². The van der Waals surface area contributed by atoms with E-state index in [0.717, 1.165) is 40.7 Å². The van der Waals surface area contributed by atoms with Crippen LogP contribution in [0.2, 0.25) is 5.02 Å². The van der Waals surface area contributed by atoms with Gasteiger partial charge in [0.2, 0.25) is 5.91 Å². The number of hydrogen-bond donors (Lipinski definition) is 1. The Morgan fingerprint density at radius 1 is 1.11 bits per heavy atom. The minimum atomic E-state index is -0.491. The molecule has 0 aliphatic rings. The van der Waals surface area contributed by atoms with Gasteiger partial charge in [-0.1, -0.05) is 50.1 Å². The number of fused-ring (bicyclic) bond motifs is 1. The van der Waals surface area contributed by atoms with Crippen LogP contribution in [0.1, 0.15) is 64.2 Å². The molecule has 27 heavy (non-hydrogen) atoms. The van der Waals surface area contributed by atoms with Crippen LogP contribution < -0.4 is 5.73 Å². The van der Waals surface area contributed by atoms with Crippen molar-refractivity contribution >= 4 is 28.8 Å². The van der Waals surface area contributed by atoms with Gasteiger partial charge in [-0.2, -0.15) is 0 Å². The topological polar surface area (TPSA) is 64.6 Å². The average Bonchev–Trinajstić information content (AvgIpc) is 2.96. The molecule has 0 bridgehead atoms. The zero-order valence-corrected chi connectivity index (χ0v) is 16.3. The minimum Gasteiger partial charge on any atom is -0.366 e. The molecule has 2 aromatic heterocycles. The van der Waals surface area contributed by atoms with E-state index in [1.807, 2.05) is 41.7 Å². The van der Waals surface area contributed by atoms with Crippen LogP contribution in [0.25, 0.3) is 5.52 Å². The van der Waals surface area contributed by atoms with Crippen molar-refractivity contribution < 1.29 is 9.59 Å². The molecule has 2 N–H and O–H groups in total.